The summed E-state index contributed by atoms with van der Waals surface area (Å²) in [7, 11) is 3.74. The number of halogens is 1. The van der Waals surface area contributed by atoms with Crippen LogP contribution in [-0.4, -0.2) is 55.3 Å². The van der Waals surface area contributed by atoms with Gasteiger partial charge in [-0.05, 0) is 23.0 Å². The largest absolute Gasteiger partial charge is 0.383 e. The summed E-state index contributed by atoms with van der Waals surface area (Å²) in [5.41, 5.74) is 2.41. The Morgan fingerprint density at radius 1 is 1.50 bits per heavy atom. The van der Waals surface area contributed by atoms with Crippen LogP contribution in [0.2, 0.25) is 0 Å². The first-order chi connectivity index (χ1) is 8.67. The fourth-order valence-electron chi connectivity index (χ4n) is 1.28. The number of anilines is 2. The van der Waals surface area contributed by atoms with Gasteiger partial charge < -0.3 is 15.0 Å². The van der Waals surface area contributed by atoms with Gasteiger partial charge in [-0.1, -0.05) is 0 Å². The minimum absolute atomic E-state index is 0.383. The maximum absolute atomic E-state index is 5.26. The van der Waals surface area contributed by atoms with E-state index in [9.17, 15) is 0 Å². The Morgan fingerprint density at radius 2 is 2.28 bits per heavy atom. The molecular weight excluding hydrogens is 300 g/mol. The van der Waals surface area contributed by atoms with Gasteiger partial charge in [0.25, 0.3) is 0 Å². The molecule has 0 saturated heterocycles. The number of hydrogen-bond acceptors (Lipinski definition) is 7. The molecule has 102 valence electrons. The van der Waals surface area contributed by atoms with E-state index in [-0.39, 0.29) is 0 Å². The number of nitrogens with two attached hydrogens (primary N) is 1. The van der Waals surface area contributed by atoms with Crippen LogP contribution in [0.15, 0.2) is 10.7 Å². The third-order valence-corrected chi connectivity index (χ3v) is 2.92. The van der Waals surface area contributed by atoms with E-state index >= 15 is 0 Å². The third kappa shape index (κ3) is 5.13. The molecule has 0 unspecified atom stereocenters. The number of nitrogens with zero attached hydrogens (tertiary/aromatic N) is 3. The monoisotopic (exact) mass is 318 g/mol. The van der Waals surface area contributed by atoms with E-state index in [0.29, 0.717) is 5.95 Å². The second-order valence-electron chi connectivity index (χ2n) is 3.76. The Labute approximate surface area is 115 Å². The third-order valence-electron chi connectivity index (χ3n) is 2.34. The van der Waals surface area contributed by atoms with Crippen molar-refractivity contribution in [1.29, 1.82) is 0 Å². The lowest BCUT2D eigenvalue weighted by Gasteiger charge is -2.16. The van der Waals surface area contributed by atoms with Gasteiger partial charge in [0.05, 0.1) is 11.1 Å². The molecule has 1 aromatic heterocycles. The van der Waals surface area contributed by atoms with Gasteiger partial charge in [-0.15, -0.1) is 0 Å². The molecule has 1 heterocycles. The molecule has 0 radical (unpaired) electrons. The highest BCUT2D eigenvalue weighted by atomic mass is 79.9. The smallest absolute Gasteiger partial charge is 0.239 e. The highest BCUT2D eigenvalue weighted by Crippen LogP contribution is 2.19. The summed E-state index contributed by atoms with van der Waals surface area (Å²) in [6.07, 6.45) is 1.65. The normalized spacial score (nSPS) is 10.7. The van der Waals surface area contributed by atoms with Gasteiger partial charge in [-0.3, -0.25) is 5.43 Å². The number of methoxy groups -OCH3 is 1. The predicted octanol–water partition coefficient (Wildman–Crippen LogP) is 0.515. The van der Waals surface area contributed by atoms with Crippen molar-refractivity contribution in [1.82, 2.24) is 14.9 Å². The van der Waals surface area contributed by atoms with E-state index in [1.165, 1.54) is 0 Å². The van der Waals surface area contributed by atoms with Crippen LogP contribution < -0.4 is 16.6 Å². The lowest BCUT2D eigenvalue weighted by Crippen LogP contribution is -2.28. The summed E-state index contributed by atoms with van der Waals surface area (Å²) in [4.78, 5) is 10.4. The summed E-state index contributed by atoms with van der Waals surface area (Å²) in [5.74, 6) is 6.36. The van der Waals surface area contributed by atoms with Gasteiger partial charge in [-0.25, -0.2) is 10.8 Å². The Kier molecular flexibility index (Phi) is 6.88. The summed E-state index contributed by atoms with van der Waals surface area (Å²) in [6.45, 7) is 3.30. The maximum atomic E-state index is 5.26. The molecule has 8 heteroatoms. The molecular formula is C10H19BrN6O. The summed E-state index contributed by atoms with van der Waals surface area (Å²) >= 11 is 3.38. The van der Waals surface area contributed by atoms with E-state index in [0.717, 1.165) is 36.5 Å². The zero-order chi connectivity index (χ0) is 13.4. The van der Waals surface area contributed by atoms with Crippen LogP contribution in [0.4, 0.5) is 11.8 Å². The molecule has 0 aromatic carbocycles. The molecule has 0 saturated carbocycles. The van der Waals surface area contributed by atoms with E-state index in [2.05, 4.69) is 41.5 Å². The van der Waals surface area contributed by atoms with Gasteiger partial charge in [0, 0.05) is 32.9 Å². The van der Waals surface area contributed by atoms with Crippen molar-refractivity contribution in [2.45, 2.75) is 0 Å². The standard InChI is InChI=1S/C10H19BrN6O/c1-17(5-6-18-2)4-3-13-9-8(11)7-14-10(15-9)16-12/h7H,3-6,12H2,1-2H3,(H2,13,14,15,16). The molecule has 0 fully saturated rings. The van der Waals surface area contributed by atoms with Crippen molar-refractivity contribution in [3.63, 3.8) is 0 Å². The van der Waals surface area contributed by atoms with Crippen LogP contribution in [0.1, 0.15) is 0 Å². The number of hydrogen-bond donors (Lipinski definition) is 3. The average Bonchev–Trinajstić information content (AvgIpc) is 2.38. The minimum atomic E-state index is 0.383. The lowest BCUT2D eigenvalue weighted by atomic mass is 10.5. The van der Waals surface area contributed by atoms with E-state index < -0.39 is 0 Å². The first kappa shape index (κ1) is 15.1. The Morgan fingerprint density at radius 3 is 2.94 bits per heavy atom. The van der Waals surface area contributed by atoms with Crippen LogP contribution in [0.3, 0.4) is 0 Å². The molecule has 0 amide bonds. The number of hydrazine groups is 1. The van der Waals surface area contributed by atoms with Gasteiger partial charge in [0.1, 0.15) is 5.82 Å². The molecule has 0 aliphatic carbocycles. The SMILES string of the molecule is COCCN(C)CCNc1nc(NN)ncc1Br. The van der Waals surface area contributed by atoms with Gasteiger partial charge in [0.15, 0.2) is 0 Å². The van der Waals surface area contributed by atoms with E-state index in [1.807, 2.05) is 7.05 Å². The van der Waals surface area contributed by atoms with Crippen molar-refractivity contribution in [2.24, 2.45) is 5.84 Å². The lowest BCUT2D eigenvalue weighted by molar-refractivity contribution is 0.163. The summed E-state index contributed by atoms with van der Waals surface area (Å²) in [5, 5.41) is 3.22. The van der Waals surface area contributed by atoms with Crippen molar-refractivity contribution in [3.05, 3.63) is 10.7 Å². The zero-order valence-electron chi connectivity index (χ0n) is 10.6. The predicted molar refractivity (Wildman–Crippen MR) is 75.4 cm³/mol. The number of aromatic nitrogens is 2. The van der Waals surface area contributed by atoms with E-state index in [1.54, 1.807) is 13.3 Å². The highest BCUT2D eigenvalue weighted by Gasteiger charge is 2.04. The van der Waals surface area contributed by atoms with Crippen LogP contribution in [0.25, 0.3) is 0 Å². The van der Waals surface area contributed by atoms with Gasteiger partial charge >= 0.3 is 0 Å². The molecule has 0 aliphatic heterocycles. The zero-order valence-corrected chi connectivity index (χ0v) is 12.2. The molecule has 1 aromatic rings. The van der Waals surface area contributed by atoms with Gasteiger partial charge in [0.2, 0.25) is 5.95 Å². The first-order valence-electron chi connectivity index (χ1n) is 5.58. The molecule has 0 aliphatic rings. The fraction of sp³-hybridized carbons (Fsp3) is 0.600. The Hall–Kier alpha value is -0.960. The van der Waals surface area contributed by atoms with E-state index in [4.69, 9.17) is 10.6 Å². The molecule has 0 spiro atoms. The average molecular weight is 319 g/mol. The molecule has 7 nitrogen and oxygen atoms in total. The van der Waals surface area contributed by atoms with Crippen molar-refractivity contribution < 1.29 is 4.74 Å². The van der Waals surface area contributed by atoms with Crippen molar-refractivity contribution in [3.8, 4) is 0 Å². The van der Waals surface area contributed by atoms with Crippen LogP contribution in [0.5, 0.6) is 0 Å². The molecule has 0 atom stereocenters. The Bertz CT molecular complexity index is 364. The second kappa shape index (κ2) is 8.20. The summed E-state index contributed by atoms with van der Waals surface area (Å²) < 4.78 is 5.82. The van der Waals surface area contributed by atoms with Gasteiger partial charge in [-0.2, -0.15) is 4.98 Å². The molecule has 0 bridgehead atoms. The molecule has 18 heavy (non-hydrogen) atoms. The number of nitrogens with one attached hydrogen (secondary N) is 2. The molecule has 1 rings (SSSR count). The number of ether oxygens (including phenoxy) is 1. The minimum Gasteiger partial charge on any atom is -0.383 e. The first-order valence-corrected chi connectivity index (χ1v) is 6.37. The summed E-state index contributed by atoms with van der Waals surface area (Å²) in [6, 6.07) is 0. The number of rotatable bonds is 8. The molecule has 4 N–H and O–H groups in total. The van der Waals surface area contributed by atoms with Crippen LogP contribution >= 0.6 is 15.9 Å². The van der Waals surface area contributed by atoms with Crippen molar-refractivity contribution >= 4 is 27.7 Å². The number of nitrogen functional groups attached to an aromatic ring is 1. The maximum Gasteiger partial charge on any atom is 0.239 e. The van der Waals surface area contributed by atoms with Crippen LogP contribution in [-0.2, 0) is 4.74 Å². The number of likely N-dealkylation sites (N-methyl/N-ethyl adjacent to an activating group) is 1. The second-order valence-corrected chi connectivity index (χ2v) is 4.61. The topological polar surface area (TPSA) is 88.3 Å². The van der Waals surface area contributed by atoms with Crippen molar-refractivity contribution in [2.75, 3.05) is 51.1 Å². The quantitative estimate of drug-likeness (QED) is 0.475. The Balaban J connectivity index is 2.38. The highest BCUT2D eigenvalue weighted by molar-refractivity contribution is 9.10. The fourth-order valence-corrected chi connectivity index (χ4v) is 1.62. The van der Waals surface area contributed by atoms with Crippen LogP contribution in [0, 0.1) is 0 Å².